The molecule has 0 aromatic rings. The molecule has 4 heteroatoms. The quantitative estimate of drug-likeness (QED) is 0.272. The first kappa shape index (κ1) is 29.4. The lowest BCUT2D eigenvalue weighted by atomic mass is 9.89. The predicted molar refractivity (Wildman–Crippen MR) is 140 cm³/mol. The van der Waals surface area contributed by atoms with Crippen LogP contribution in [0.25, 0.3) is 0 Å². The summed E-state index contributed by atoms with van der Waals surface area (Å²) in [5.74, 6) is 0.234. The fourth-order valence-electron chi connectivity index (χ4n) is 4.49. The number of carbonyl (C=O) groups is 1. The van der Waals surface area contributed by atoms with Gasteiger partial charge in [0.15, 0.2) is 0 Å². The van der Waals surface area contributed by atoms with Crippen molar-refractivity contribution in [2.45, 2.75) is 119 Å². The summed E-state index contributed by atoms with van der Waals surface area (Å²) in [6.07, 6.45) is 14.9. The molecule has 0 aromatic carbocycles. The number of unbranched alkanes of at least 4 members (excludes halogenated alkanes) is 6. The molecule has 0 spiro atoms. The molecule has 0 saturated carbocycles. The Morgan fingerprint density at radius 1 is 0.625 bits per heavy atom. The summed E-state index contributed by atoms with van der Waals surface area (Å²) >= 11 is 0. The van der Waals surface area contributed by atoms with Gasteiger partial charge in [-0.25, -0.2) is 0 Å². The van der Waals surface area contributed by atoms with E-state index in [-0.39, 0.29) is 5.91 Å². The molecule has 1 amide bonds. The maximum atomic E-state index is 12.0. The highest BCUT2D eigenvalue weighted by Gasteiger charge is 2.16. The lowest BCUT2D eigenvalue weighted by Gasteiger charge is -2.34. The zero-order valence-electron chi connectivity index (χ0n) is 22.7. The molecule has 0 bridgehead atoms. The van der Waals surface area contributed by atoms with Crippen LogP contribution >= 0.6 is 0 Å². The van der Waals surface area contributed by atoms with Crippen LogP contribution in [0.15, 0.2) is 0 Å². The van der Waals surface area contributed by atoms with E-state index in [1.165, 1.54) is 90.5 Å². The SMILES string of the molecule is CC(C)(C)CCCCCCCCN1CCN(CCCC(=O)NCCCCC(C)(C)C)CC1. The molecule has 1 heterocycles. The van der Waals surface area contributed by atoms with Crippen molar-refractivity contribution < 1.29 is 4.79 Å². The molecule has 1 fully saturated rings. The maximum absolute atomic E-state index is 12.0. The molecule has 1 aliphatic heterocycles. The van der Waals surface area contributed by atoms with Crippen LogP contribution in [0.3, 0.4) is 0 Å². The van der Waals surface area contributed by atoms with Gasteiger partial charge < -0.3 is 15.1 Å². The first-order valence-electron chi connectivity index (χ1n) is 13.8. The topological polar surface area (TPSA) is 35.6 Å². The molecule has 0 unspecified atom stereocenters. The number of hydrogen-bond donors (Lipinski definition) is 1. The average molecular weight is 452 g/mol. The molecule has 190 valence electrons. The number of amides is 1. The average Bonchev–Trinajstić information content (AvgIpc) is 2.69. The van der Waals surface area contributed by atoms with Gasteiger partial charge in [0.25, 0.3) is 0 Å². The number of piperazine rings is 1. The first-order chi connectivity index (χ1) is 15.1. The van der Waals surface area contributed by atoms with Crippen molar-refractivity contribution in [1.82, 2.24) is 15.1 Å². The number of carbonyl (C=O) groups excluding carboxylic acids is 1. The second-order valence-corrected chi connectivity index (χ2v) is 12.6. The van der Waals surface area contributed by atoms with E-state index in [1.807, 2.05) is 0 Å². The Bertz CT molecular complexity index is 470. The smallest absolute Gasteiger partial charge is 0.220 e. The number of nitrogens with zero attached hydrogens (tertiary/aromatic N) is 2. The molecule has 32 heavy (non-hydrogen) atoms. The van der Waals surface area contributed by atoms with E-state index in [0.29, 0.717) is 17.3 Å². The van der Waals surface area contributed by atoms with Crippen molar-refractivity contribution in [1.29, 1.82) is 0 Å². The molecule has 4 nitrogen and oxygen atoms in total. The third-order valence-electron chi connectivity index (χ3n) is 6.67. The van der Waals surface area contributed by atoms with Gasteiger partial charge in [-0.1, -0.05) is 80.1 Å². The number of hydrogen-bond acceptors (Lipinski definition) is 3. The zero-order valence-corrected chi connectivity index (χ0v) is 22.7. The number of rotatable bonds is 16. The third-order valence-corrected chi connectivity index (χ3v) is 6.67. The highest BCUT2D eigenvalue weighted by atomic mass is 16.1. The minimum atomic E-state index is 0.234. The molecular weight excluding hydrogens is 394 g/mol. The van der Waals surface area contributed by atoms with Crippen LogP contribution < -0.4 is 5.32 Å². The molecule has 0 radical (unpaired) electrons. The standard InChI is InChI=1S/C28H57N3O/c1-27(2,3)17-11-9-7-8-10-14-20-30-22-24-31(25-23-30)21-15-16-26(32)29-19-13-12-18-28(4,5)6/h7-25H2,1-6H3,(H,29,32). The van der Waals surface area contributed by atoms with Crippen LogP contribution in [0.1, 0.15) is 119 Å². The minimum absolute atomic E-state index is 0.234. The molecule has 1 aliphatic rings. The van der Waals surface area contributed by atoms with Crippen LogP contribution in [0.5, 0.6) is 0 Å². The normalized spacial score (nSPS) is 16.4. The minimum Gasteiger partial charge on any atom is -0.356 e. The molecule has 0 aromatic heterocycles. The van der Waals surface area contributed by atoms with Crippen LogP contribution in [0.4, 0.5) is 0 Å². The summed E-state index contributed by atoms with van der Waals surface area (Å²) in [6, 6.07) is 0. The molecule has 1 rings (SSSR count). The Kier molecular flexibility index (Phi) is 14.8. The lowest BCUT2D eigenvalue weighted by Crippen LogP contribution is -2.46. The molecular formula is C28H57N3O. The van der Waals surface area contributed by atoms with Crippen molar-refractivity contribution in [3.05, 3.63) is 0 Å². The molecule has 1 N–H and O–H groups in total. The van der Waals surface area contributed by atoms with Gasteiger partial charge in [-0.15, -0.1) is 0 Å². The van der Waals surface area contributed by atoms with E-state index in [1.54, 1.807) is 0 Å². The summed E-state index contributed by atoms with van der Waals surface area (Å²) in [6.45, 7) is 21.8. The van der Waals surface area contributed by atoms with E-state index in [9.17, 15) is 4.79 Å². The van der Waals surface area contributed by atoms with Gasteiger partial charge in [0.05, 0.1) is 0 Å². The van der Waals surface area contributed by atoms with Crippen molar-refractivity contribution in [2.24, 2.45) is 10.8 Å². The van der Waals surface area contributed by atoms with Crippen LogP contribution in [0, 0.1) is 10.8 Å². The van der Waals surface area contributed by atoms with Crippen molar-refractivity contribution in [2.75, 3.05) is 45.8 Å². The van der Waals surface area contributed by atoms with Gasteiger partial charge in [-0.2, -0.15) is 0 Å². The summed E-state index contributed by atoms with van der Waals surface area (Å²) in [5.41, 5.74) is 0.903. The maximum Gasteiger partial charge on any atom is 0.220 e. The third kappa shape index (κ3) is 17.9. The Morgan fingerprint density at radius 2 is 1.06 bits per heavy atom. The van der Waals surface area contributed by atoms with Crippen LogP contribution in [-0.2, 0) is 4.79 Å². The fraction of sp³-hybridized carbons (Fsp3) is 0.964. The summed E-state index contributed by atoms with van der Waals surface area (Å²) in [5, 5.41) is 3.10. The van der Waals surface area contributed by atoms with Crippen molar-refractivity contribution in [3.8, 4) is 0 Å². The van der Waals surface area contributed by atoms with Gasteiger partial charge in [0.2, 0.25) is 5.91 Å². The lowest BCUT2D eigenvalue weighted by molar-refractivity contribution is -0.121. The first-order valence-corrected chi connectivity index (χ1v) is 13.8. The monoisotopic (exact) mass is 451 g/mol. The fourth-order valence-corrected chi connectivity index (χ4v) is 4.49. The predicted octanol–water partition coefficient (Wildman–Crippen LogP) is 6.49. The van der Waals surface area contributed by atoms with Crippen LogP contribution in [0.2, 0.25) is 0 Å². The van der Waals surface area contributed by atoms with E-state index >= 15 is 0 Å². The van der Waals surface area contributed by atoms with E-state index < -0.39 is 0 Å². The summed E-state index contributed by atoms with van der Waals surface area (Å²) in [4.78, 5) is 17.2. The van der Waals surface area contributed by atoms with Gasteiger partial charge in [-0.3, -0.25) is 4.79 Å². The summed E-state index contributed by atoms with van der Waals surface area (Å²) < 4.78 is 0. The van der Waals surface area contributed by atoms with Crippen LogP contribution in [-0.4, -0.2) is 61.5 Å². The Morgan fingerprint density at radius 3 is 1.59 bits per heavy atom. The molecule has 0 aliphatic carbocycles. The van der Waals surface area contributed by atoms with Crippen molar-refractivity contribution in [3.63, 3.8) is 0 Å². The second kappa shape index (κ2) is 16.1. The Labute approximate surface area is 201 Å². The van der Waals surface area contributed by atoms with Gasteiger partial charge in [0.1, 0.15) is 0 Å². The largest absolute Gasteiger partial charge is 0.356 e. The highest BCUT2D eigenvalue weighted by molar-refractivity contribution is 5.75. The van der Waals surface area contributed by atoms with E-state index in [4.69, 9.17) is 0 Å². The van der Waals surface area contributed by atoms with E-state index in [2.05, 4.69) is 56.7 Å². The van der Waals surface area contributed by atoms with Gasteiger partial charge >= 0.3 is 0 Å². The number of nitrogens with one attached hydrogen (secondary N) is 1. The van der Waals surface area contributed by atoms with E-state index in [0.717, 1.165) is 25.9 Å². The summed E-state index contributed by atoms with van der Waals surface area (Å²) in [7, 11) is 0. The van der Waals surface area contributed by atoms with Gasteiger partial charge in [-0.05, 0) is 56.0 Å². The highest BCUT2D eigenvalue weighted by Crippen LogP contribution is 2.23. The zero-order chi connectivity index (χ0) is 23.9. The molecule has 0 atom stereocenters. The Hall–Kier alpha value is -0.610. The second-order valence-electron chi connectivity index (χ2n) is 12.6. The molecule has 1 saturated heterocycles. The van der Waals surface area contributed by atoms with Gasteiger partial charge in [0, 0.05) is 39.1 Å². The Balaban J connectivity index is 1.92. The van der Waals surface area contributed by atoms with Crippen molar-refractivity contribution >= 4 is 5.91 Å².